The monoisotopic (exact) mass is 407 g/mol. The van der Waals surface area contributed by atoms with E-state index in [0.29, 0.717) is 41.0 Å². The third-order valence-electron chi connectivity index (χ3n) is 3.42. The van der Waals surface area contributed by atoms with E-state index in [4.69, 9.17) is 14.2 Å². The number of rotatable bonds is 7. The molecule has 2 rings (SSSR count). The predicted molar refractivity (Wildman–Crippen MR) is 102 cm³/mol. The minimum absolute atomic E-state index is 0.248. The van der Waals surface area contributed by atoms with Crippen LogP contribution >= 0.6 is 15.9 Å². The largest absolute Gasteiger partial charge is 0.497 e. The third kappa shape index (κ3) is 5.13. The SMILES string of the molecule is COc1ccc(OC)c(NC(=O)c2ccc(OCC(C)C)c(Br)c2)c1. The summed E-state index contributed by atoms with van der Waals surface area (Å²) in [4.78, 5) is 12.5. The van der Waals surface area contributed by atoms with Crippen molar-refractivity contribution in [2.24, 2.45) is 5.92 Å². The smallest absolute Gasteiger partial charge is 0.255 e. The molecule has 0 fully saturated rings. The van der Waals surface area contributed by atoms with E-state index in [0.717, 1.165) is 4.47 Å². The van der Waals surface area contributed by atoms with Gasteiger partial charge in [-0.3, -0.25) is 4.79 Å². The number of nitrogens with one attached hydrogen (secondary N) is 1. The Balaban J connectivity index is 2.17. The first-order valence-electron chi connectivity index (χ1n) is 7.90. The number of carbonyl (C=O) groups excluding carboxylic acids is 1. The lowest BCUT2D eigenvalue weighted by Gasteiger charge is -2.13. The summed E-state index contributed by atoms with van der Waals surface area (Å²) in [7, 11) is 3.12. The standard InChI is InChI=1S/C19H22BrNO4/c1-12(2)11-25-17-7-5-13(9-15(17)20)19(22)21-16-10-14(23-3)6-8-18(16)24-4/h5-10,12H,11H2,1-4H3,(H,21,22). The highest BCUT2D eigenvalue weighted by Gasteiger charge is 2.13. The lowest BCUT2D eigenvalue weighted by molar-refractivity contribution is 0.102. The third-order valence-corrected chi connectivity index (χ3v) is 4.04. The minimum Gasteiger partial charge on any atom is -0.497 e. The van der Waals surface area contributed by atoms with Gasteiger partial charge in [0.2, 0.25) is 0 Å². The molecule has 0 aliphatic carbocycles. The van der Waals surface area contributed by atoms with Crippen molar-refractivity contribution in [1.29, 1.82) is 0 Å². The molecule has 0 aliphatic heterocycles. The van der Waals surface area contributed by atoms with Crippen molar-refractivity contribution in [1.82, 2.24) is 0 Å². The normalized spacial score (nSPS) is 10.5. The van der Waals surface area contributed by atoms with E-state index in [1.165, 1.54) is 0 Å². The fraction of sp³-hybridized carbons (Fsp3) is 0.316. The van der Waals surface area contributed by atoms with Gasteiger partial charge in [-0.2, -0.15) is 0 Å². The van der Waals surface area contributed by atoms with Crippen LogP contribution in [0.15, 0.2) is 40.9 Å². The van der Waals surface area contributed by atoms with Crippen molar-refractivity contribution >= 4 is 27.5 Å². The number of methoxy groups -OCH3 is 2. The molecule has 6 heteroatoms. The van der Waals surface area contributed by atoms with Crippen molar-refractivity contribution in [3.8, 4) is 17.2 Å². The van der Waals surface area contributed by atoms with E-state index < -0.39 is 0 Å². The van der Waals surface area contributed by atoms with E-state index in [1.54, 1.807) is 50.6 Å². The number of halogens is 1. The molecule has 134 valence electrons. The van der Waals surface area contributed by atoms with E-state index >= 15 is 0 Å². The van der Waals surface area contributed by atoms with E-state index in [2.05, 4.69) is 35.1 Å². The van der Waals surface area contributed by atoms with Gasteiger partial charge >= 0.3 is 0 Å². The average molecular weight is 408 g/mol. The maximum Gasteiger partial charge on any atom is 0.255 e. The summed E-state index contributed by atoms with van der Waals surface area (Å²) < 4.78 is 16.9. The van der Waals surface area contributed by atoms with E-state index in [-0.39, 0.29) is 5.91 Å². The van der Waals surface area contributed by atoms with Gasteiger partial charge in [0, 0.05) is 11.6 Å². The van der Waals surface area contributed by atoms with Crippen LogP contribution in [-0.4, -0.2) is 26.7 Å². The second kappa shape index (κ2) is 8.76. The van der Waals surface area contributed by atoms with Gasteiger partial charge in [0.05, 0.1) is 31.0 Å². The first-order chi connectivity index (χ1) is 11.9. The van der Waals surface area contributed by atoms with Crippen LogP contribution in [0, 0.1) is 5.92 Å². The van der Waals surface area contributed by atoms with Crippen molar-refractivity contribution < 1.29 is 19.0 Å². The molecule has 0 unspecified atom stereocenters. The number of benzene rings is 2. The zero-order chi connectivity index (χ0) is 18.4. The molecule has 0 radical (unpaired) electrons. The van der Waals surface area contributed by atoms with Crippen molar-refractivity contribution in [3.63, 3.8) is 0 Å². The summed E-state index contributed by atoms with van der Waals surface area (Å²) in [6.07, 6.45) is 0. The highest BCUT2D eigenvalue weighted by molar-refractivity contribution is 9.10. The highest BCUT2D eigenvalue weighted by Crippen LogP contribution is 2.30. The topological polar surface area (TPSA) is 56.8 Å². The predicted octanol–water partition coefficient (Wildman–Crippen LogP) is 4.75. The van der Waals surface area contributed by atoms with Crippen molar-refractivity contribution in [2.75, 3.05) is 26.1 Å². The fourth-order valence-electron chi connectivity index (χ4n) is 2.12. The van der Waals surface area contributed by atoms with Crippen LogP contribution in [0.3, 0.4) is 0 Å². The summed E-state index contributed by atoms with van der Waals surface area (Å²) in [5.74, 6) is 2.09. The number of amides is 1. The Bertz CT molecular complexity index is 746. The van der Waals surface area contributed by atoms with Gasteiger partial charge in [-0.15, -0.1) is 0 Å². The molecule has 0 heterocycles. The zero-order valence-corrected chi connectivity index (χ0v) is 16.3. The van der Waals surface area contributed by atoms with Crippen molar-refractivity contribution in [3.05, 3.63) is 46.4 Å². The Hall–Kier alpha value is -2.21. The Kier molecular flexibility index (Phi) is 6.70. The Labute approximate surface area is 156 Å². The molecule has 0 bridgehead atoms. The summed E-state index contributed by atoms with van der Waals surface area (Å²) >= 11 is 3.45. The molecule has 2 aromatic carbocycles. The molecular formula is C19H22BrNO4. The maximum absolute atomic E-state index is 12.5. The minimum atomic E-state index is -0.248. The van der Waals surface area contributed by atoms with Crippen LogP contribution in [0.25, 0.3) is 0 Å². The molecule has 0 saturated carbocycles. The van der Waals surface area contributed by atoms with Gasteiger partial charge in [-0.25, -0.2) is 0 Å². The summed E-state index contributed by atoms with van der Waals surface area (Å²) in [6.45, 7) is 4.78. The van der Waals surface area contributed by atoms with Gasteiger partial charge in [0.15, 0.2) is 0 Å². The van der Waals surface area contributed by atoms with Crippen LogP contribution in [-0.2, 0) is 0 Å². The number of carbonyl (C=O) groups is 1. The number of anilines is 1. The highest BCUT2D eigenvalue weighted by atomic mass is 79.9. The molecule has 5 nitrogen and oxygen atoms in total. The average Bonchev–Trinajstić information content (AvgIpc) is 2.60. The number of hydrogen-bond donors (Lipinski definition) is 1. The van der Waals surface area contributed by atoms with Gasteiger partial charge in [-0.1, -0.05) is 13.8 Å². The van der Waals surface area contributed by atoms with Crippen LogP contribution in [0.1, 0.15) is 24.2 Å². The van der Waals surface area contributed by atoms with Gasteiger partial charge in [0.1, 0.15) is 17.2 Å². The van der Waals surface area contributed by atoms with Gasteiger partial charge in [0.25, 0.3) is 5.91 Å². The Morgan fingerprint density at radius 3 is 2.40 bits per heavy atom. The Morgan fingerprint density at radius 1 is 1.08 bits per heavy atom. The number of hydrogen-bond acceptors (Lipinski definition) is 4. The van der Waals surface area contributed by atoms with Crippen LogP contribution in [0.5, 0.6) is 17.2 Å². The number of ether oxygens (including phenoxy) is 3. The Morgan fingerprint density at radius 2 is 1.80 bits per heavy atom. The second-order valence-electron chi connectivity index (χ2n) is 5.87. The molecule has 25 heavy (non-hydrogen) atoms. The van der Waals surface area contributed by atoms with Gasteiger partial charge in [-0.05, 0) is 52.2 Å². The molecule has 0 spiro atoms. The molecule has 0 atom stereocenters. The lowest BCUT2D eigenvalue weighted by Crippen LogP contribution is -2.13. The van der Waals surface area contributed by atoms with Crippen LogP contribution < -0.4 is 19.5 Å². The first-order valence-corrected chi connectivity index (χ1v) is 8.69. The molecule has 2 aromatic rings. The molecule has 0 aliphatic rings. The van der Waals surface area contributed by atoms with Gasteiger partial charge < -0.3 is 19.5 Å². The summed E-state index contributed by atoms with van der Waals surface area (Å²) in [6, 6.07) is 10.5. The lowest BCUT2D eigenvalue weighted by atomic mass is 10.2. The zero-order valence-electron chi connectivity index (χ0n) is 14.8. The molecular weight excluding hydrogens is 386 g/mol. The van der Waals surface area contributed by atoms with E-state index in [1.807, 2.05) is 0 Å². The summed E-state index contributed by atoms with van der Waals surface area (Å²) in [5, 5.41) is 2.84. The molecule has 0 aromatic heterocycles. The quantitative estimate of drug-likeness (QED) is 0.718. The molecule has 0 saturated heterocycles. The molecule has 1 N–H and O–H groups in total. The first kappa shape index (κ1) is 19.1. The molecule has 1 amide bonds. The van der Waals surface area contributed by atoms with Crippen molar-refractivity contribution in [2.45, 2.75) is 13.8 Å². The van der Waals surface area contributed by atoms with Crippen LogP contribution in [0.4, 0.5) is 5.69 Å². The fourth-order valence-corrected chi connectivity index (χ4v) is 2.62. The summed E-state index contributed by atoms with van der Waals surface area (Å²) in [5.41, 5.74) is 1.05. The van der Waals surface area contributed by atoms with Crippen LogP contribution in [0.2, 0.25) is 0 Å². The second-order valence-corrected chi connectivity index (χ2v) is 6.72. The van der Waals surface area contributed by atoms with E-state index in [9.17, 15) is 4.79 Å². The maximum atomic E-state index is 12.5.